The number of thiazole rings is 1. The van der Waals surface area contributed by atoms with Crippen LogP contribution in [0.4, 0.5) is 0 Å². The van der Waals surface area contributed by atoms with Crippen molar-refractivity contribution in [2.45, 2.75) is 13.3 Å². The molecule has 0 aliphatic rings. The zero-order chi connectivity index (χ0) is 11.0. The standard InChI is InChI=1S/C12H11N3S/c1-2-8-7-16-12(13-8)11-9-5-3-4-6-10(9)14-15-11/h3-7H,2H2,1H3,(H,14,15). The van der Waals surface area contributed by atoms with Crippen LogP contribution in [0.5, 0.6) is 0 Å². The summed E-state index contributed by atoms with van der Waals surface area (Å²) in [6.07, 6.45) is 0.971. The molecule has 16 heavy (non-hydrogen) atoms. The third kappa shape index (κ3) is 1.42. The highest BCUT2D eigenvalue weighted by molar-refractivity contribution is 7.13. The van der Waals surface area contributed by atoms with Crippen LogP contribution in [0.3, 0.4) is 0 Å². The monoisotopic (exact) mass is 229 g/mol. The fourth-order valence-electron chi connectivity index (χ4n) is 1.70. The number of para-hydroxylation sites is 1. The van der Waals surface area contributed by atoms with Crippen molar-refractivity contribution in [3.05, 3.63) is 35.3 Å². The molecule has 0 aliphatic heterocycles. The summed E-state index contributed by atoms with van der Waals surface area (Å²) >= 11 is 1.65. The smallest absolute Gasteiger partial charge is 0.144 e. The highest BCUT2D eigenvalue weighted by Gasteiger charge is 2.10. The summed E-state index contributed by atoms with van der Waals surface area (Å²) in [5.41, 5.74) is 3.15. The Morgan fingerprint density at radius 1 is 1.31 bits per heavy atom. The Morgan fingerprint density at radius 3 is 3.00 bits per heavy atom. The summed E-state index contributed by atoms with van der Waals surface area (Å²) < 4.78 is 0. The number of hydrogen-bond donors (Lipinski definition) is 1. The Bertz CT molecular complexity index is 624. The molecule has 0 aliphatic carbocycles. The second kappa shape index (κ2) is 3.72. The first-order valence-electron chi connectivity index (χ1n) is 5.26. The second-order valence-corrected chi connectivity index (χ2v) is 4.47. The van der Waals surface area contributed by atoms with Crippen LogP contribution in [-0.2, 0) is 6.42 Å². The lowest BCUT2D eigenvalue weighted by Gasteiger charge is -1.90. The Kier molecular flexibility index (Phi) is 2.22. The number of hydrogen-bond acceptors (Lipinski definition) is 3. The minimum atomic E-state index is 0.959. The summed E-state index contributed by atoms with van der Waals surface area (Å²) in [5, 5.41) is 11.6. The van der Waals surface area contributed by atoms with Gasteiger partial charge in [0.1, 0.15) is 10.7 Å². The number of nitrogens with one attached hydrogen (secondary N) is 1. The van der Waals surface area contributed by atoms with Gasteiger partial charge in [0.25, 0.3) is 0 Å². The Labute approximate surface area is 97.2 Å². The van der Waals surface area contributed by atoms with Crippen molar-refractivity contribution in [1.29, 1.82) is 0 Å². The van der Waals surface area contributed by atoms with Crippen LogP contribution in [0.2, 0.25) is 0 Å². The largest absolute Gasteiger partial charge is 0.277 e. The summed E-state index contributed by atoms with van der Waals surface area (Å²) in [5.74, 6) is 0. The summed E-state index contributed by atoms with van der Waals surface area (Å²) in [6, 6.07) is 8.13. The van der Waals surface area contributed by atoms with E-state index in [1.54, 1.807) is 11.3 Å². The molecule has 2 heterocycles. The van der Waals surface area contributed by atoms with Gasteiger partial charge in [-0.05, 0) is 12.5 Å². The number of aromatic nitrogens is 3. The molecule has 80 valence electrons. The molecule has 1 N–H and O–H groups in total. The number of aryl methyl sites for hydroxylation is 1. The van der Waals surface area contributed by atoms with E-state index in [9.17, 15) is 0 Å². The van der Waals surface area contributed by atoms with Gasteiger partial charge in [-0.2, -0.15) is 5.10 Å². The van der Waals surface area contributed by atoms with E-state index in [4.69, 9.17) is 0 Å². The average Bonchev–Trinajstić information content (AvgIpc) is 2.94. The van der Waals surface area contributed by atoms with Crippen LogP contribution >= 0.6 is 11.3 Å². The average molecular weight is 229 g/mol. The van der Waals surface area contributed by atoms with Crippen molar-refractivity contribution < 1.29 is 0 Å². The number of nitrogens with zero attached hydrogens (tertiary/aromatic N) is 2. The Balaban J connectivity index is 2.18. The van der Waals surface area contributed by atoms with Gasteiger partial charge in [0.15, 0.2) is 0 Å². The molecule has 0 amide bonds. The molecule has 4 heteroatoms. The topological polar surface area (TPSA) is 41.6 Å². The number of aromatic amines is 1. The van der Waals surface area contributed by atoms with E-state index in [1.807, 2.05) is 18.2 Å². The van der Waals surface area contributed by atoms with Crippen molar-refractivity contribution in [3.63, 3.8) is 0 Å². The molecule has 0 atom stereocenters. The maximum atomic E-state index is 4.56. The van der Waals surface area contributed by atoms with Crippen molar-refractivity contribution >= 4 is 22.2 Å². The van der Waals surface area contributed by atoms with Crippen LogP contribution in [0.1, 0.15) is 12.6 Å². The van der Waals surface area contributed by atoms with Gasteiger partial charge in [-0.1, -0.05) is 25.1 Å². The van der Waals surface area contributed by atoms with Crippen LogP contribution in [0.15, 0.2) is 29.6 Å². The van der Waals surface area contributed by atoms with Gasteiger partial charge in [0.2, 0.25) is 0 Å². The first-order chi connectivity index (χ1) is 7.88. The lowest BCUT2D eigenvalue weighted by atomic mass is 10.2. The van der Waals surface area contributed by atoms with Crippen LogP contribution in [0, 0.1) is 0 Å². The van der Waals surface area contributed by atoms with Gasteiger partial charge in [-0.25, -0.2) is 4.98 Å². The molecule has 0 saturated heterocycles. The van der Waals surface area contributed by atoms with Crippen molar-refractivity contribution in [2.24, 2.45) is 0 Å². The predicted molar refractivity (Wildman–Crippen MR) is 66.6 cm³/mol. The fourth-order valence-corrected chi connectivity index (χ4v) is 2.61. The molecular formula is C12H11N3S. The Morgan fingerprint density at radius 2 is 2.19 bits per heavy atom. The molecule has 0 unspecified atom stereocenters. The first kappa shape index (κ1) is 9.54. The van der Waals surface area contributed by atoms with Crippen LogP contribution in [0.25, 0.3) is 21.6 Å². The van der Waals surface area contributed by atoms with E-state index in [0.29, 0.717) is 0 Å². The Hall–Kier alpha value is -1.68. The van der Waals surface area contributed by atoms with E-state index in [2.05, 4.69) is 33.6 Å². The number of H-pyrrole nitrogens is 1. The maximum absolute atomic E-state index is 4.56. The third-order valence-electron chi connectivity index (χ3n) is 2.59. The molecule has 0 fully saturated rings. The fraction of sp³-hybridized carbons (Fsp3) is 0.167. The van der Waals surface area contributed by atoms with E-state index < -0.39 is 0 Å². The summed E-state index contributed by atoms with van der Waals surface area (Å²) in [4.78, 5) is 4.56. The van der Waals surface area contributed by atoms with E-state index in [1.165, 1.54) is 0 Å². The highest BCUT2D eigenvalue weighted by Crippen LogP contribution is 2.28. The van der Waals surface area contributed by atoms with Crippen LogP contribution < -0.4 is 0 Å². The van der Waals surface area contributed by atoms with E-state index >= 15 is 0 Å². The SMILES string of the molecule is CCc1csc(-c2n[nH]c3ccccc23)n1. The lowest BCUT2D eigenvalue weighted by molar-refractivity contribution is 1.06. The maximum Gasteiger partial charge on any atom is 0.144 e. The number of rotatable bonds is 2. The van der Waals surface area contributed by atoms with E-state index in [-0.39, 0.29) is 0 Å². The quantitative estimate of drug-likeness (QED) is 0.733. The minimum absolute atomic E-state index is 0.959. The molecule has 0 spiro atoms. The highest BCUT2D eigenvalue weighted by atomic mass is 32.1. The third-order valence-corrected chi connectivity index (χ3v) is 3.48. The van der Waals surface area contributed by atoms with Crippen molar-refractivity contribution in [1.82, 2.24) is 15.2 Å². The van der Waals surface area contributed by atoms with Crippen LogP contribution in [-0.4, -0.2) is 15.2 Å². The first-order valence-corrected chi connectivity index (χ1v) is 6.14. The number of fused-ring (bicyclic) bond motifs is 1. The summed E-state index contributed by atoms with van der Waals surface area (Å²) in [7, 11) is 0. The molecule has 0 bridgehead atoms. The van der Waals surface area contributed by atoms with Crippen molar-refractivity contribution in [2.75, 3.05) is 0 Å². The zero-order valence-electron chi connectivity index (χ0n) is 8.90. The van der Waals surface area contributed by atoms with Gasteiger partial charge in [0.05, 0.1) is 11.2 Å². The normalized spacial score (nSPS) is 11.1. The lowest BCUT2D eigenvalue weighted by Crippen LogP contribution is -1.81. The van der Waals surface area contributed by atoms with Gasteiger partial charge in [-0.15, -0.1) is 11.3 Å². The molecule has 0 radical (unpaired) electrons. The van der Waals surface area contributed by atoms with Crippen molar-refractivity contribution in [3.8, 4) is 10.7 Å². The molecular weight excluding hydrogens is 218 g/mol. The summed E-state index contributed by atoms with van der Waals surface area (Å²) in [6.45, 7) is 2.11. The molecule has 2 aromatic heterocycles. The van der Waals surface area contributed by atoms with Gasteiger partial charge < -0.3 is 0 Å². The van der Waals surface area contributed by atoms with E-state index in [0.717, 1.165) is 33.7 Å². The molecule has 0 saturated carbocycles. The molecule has 3 nitrogen and oxygen atoms in total. The molecule has 3 rings (SSSR count). The predicted octanol–water partition coefficient (Wildman–Crippen LogP) is 3.25. The molecule has 1 aromatic carbocycles. The zero-order valence-corrected chi connectivity index (χ0v) is 9.71. The van der Waals surface area contributed by atoms with Gasteiger partial charge in [0, 0.05) is 10.8 Å². The minimum Gasteiger partial charge on any atom is -0.277 e. The second-order valence-electron chi connectivity index (χ2n) is 3.62. The number of benzene rings is 1. The van der Waals surface area contributed by atoms with Gasteiger partial charge >= 0.3 is 0 Å². The molecule has 3 aromatic rings. The van der Waals surface area contributed by atoms with Gasteiger partial charge in [-0.3, -0.25) is 5.10 Å².